The van der Waals surface area contributed by atoms with Crippen LogP contribution in [0.25, 0.3) is 11.3 Å². The Morgan fingerprint density at radius 3 is 2.42 bits per heavy atom. The number of anilines is 1. The van der Waals surface area contributed by atoms with Gasteiger partial charge in [0.05, 0.1) is 5.69 Å². The van der Waals surface area contributed by atoms with Crippen LogP contribution in [0.2, 0.25) is 0 Å². The third-order valence-electron chi connectivity index (χ3n) is 3.52. The van der Waals surface area contributed by atoms with Gasteiger partial charge in [-0.2, -0.15) is 0 Å². The fourth-order valence-corrected chi connectivity index (χ4v) is 2.77. The number of amides is 1. The quantitative estimate of drug-likeness (QED) is 0.762. The van der Waals surface area contributed by atoms with Crippen molar-refractivity contribution in [3.8, 4) is 11.3 Å². The molecule has 1 N–H and O–H groups in total. The lowest BCUT2D eigenvalue weighted by atomic mass is 10.1. The van der Waals surface area contributed by atoms with Crippen LogP contribution in [0.5, 0.6) is 0 Å². The van der Waals surface area contributed by atoms with Crippen LogP contribution in [0.3, 0.4) is 0 Å². The van der Waals surface area contributed by atoms with Crippen molar-refractivity contribution in [2.45, 2.75) is 5.03 Å². The molecule has 0 saturated heterocycles. The summed E-state index contributed by atoms with van der Waals surface area (Å²) >= 11 is 0. The van der Waals surface area contributed by atoms with E-state index in [1.807, 2.05) is 0 Å². The van der Waals surface area contributed by atoms with Crippen LogP contribution < -0.4 is 5.32 Å². The Labute approximate surface area is 149 Å². The van der Waals surface area contributed by atoms with Crippen LogP contribution in [-0.2, 0) is 9.84 Å². The topological polar surface area (TPSA) is 89.0 Å². The van der Waals surface area contributed by atoms with Crippen molar-refractivity contribution in [1.29, 1.82) is 0 Å². The van der Waals surface area contributed by atoms with Gasteiger partial charge in [0.25, 0.3) is 5.91 Å². The molecule has 6 nitrogen and oxygen atoms in total. The number of aromatic nitrogens is 2. The number of rotatable bonds is 4. The third kappa shape index (κ3) is 4.09. The summed E-state index contributed by atoms with van der Waals surface area (Å²) in [4.78, 5) is 12.2. The van der Waals surface area contributed by atoms with E-state index in [-0.39, 0.29) is 10.6 Å². The molecule has 3 aromatic rings. The lowest BCUT2D eigenvalue weighted by Gasteiger charge is -2.07. The molecule has 0 atom stereocenters. The summed E-state index contributed by atoms with van der Waals surface area (Å²) in [6.45, 7) is 0. The van der Waals surface area contributed by atoms with Gasteiger partial charge in [0.1, 0.15) is 5.82 Å². The van der Waals surface area contributed by atoms with Crippen molar-refractivity contribution < 1.29 is 17.6 Å². The Morgan fingerprint density at radius 2 is 1.77 bits per heavy atom. The first-order chi connectivity index (χ1) is 12.3. The standard InChI is InChI=1S/C18H14FN3O3S/c1-26(24,25)17-9-8-16(21-22-17)12-4-3-7-15(11-12)20-18(23)13-5-2-6-14(19)10-13/h2-11H,1H3,(H,20,23). The monoisotopic (exact) mass is 371 g/mol. The van der Waals surface area contributed by atoms with E-state index in [1.165, 1.54) is 30.3 Å². The Kier molecular flexibility index (Phi) is 4.77. The van der Waals surface area contributed by atoms with Crippen molar-refractivity contribution in [2.24, 2.45) is 0 Å². The average Bonchev–Trinajstić information content (AvgIpc) is 2.61. The molecule has 0 bridgehead atoms. The van der Waals surface area contributed by atoms with Crippen molar-refractivity contribution in [3.63, 3.8) is 0 Å². The molecular weight excluding hydrogens is 357 g/mol. The molecule has 2 aromatic carbocycles. The van der Waals surface area contributed by atoms with Crippen LogP contribution >= 0.6 is 0 Å². The van der Waals surface area contributed by atoms with Gasteiger partial charge in [0, 0.05) is 23.1 Å². The summed E-state index contributed by atoms with van der Waals surface area (Å²) in [5.74, 6) is -0.937. The predicted molar refractivity (Wildman–Crippen MR) is 94.9 cm³/mol. The molecule has 132 valence electrons. The highest BCUT2D eigenvalue weighted by molar-refractivity contribution is 7.90. The molecule has 0 aliphatic rings. The maximum Gasteiger partial charge on any atom is 0.255 e. The smallest absolute Gasteiger partial charge is 0.255 e. The minimum Gasteiger partial charge on any atom is -0.322 e. The van der Waals surface area contributed by atoms with Gasteiger partial charge in [-0.15, -0.1) is 10.2 Å². The summed E-state index contributed by atoms with van der Waals surface area (Å²) in [6.07, 6.45) is 1.05. The van der Waals surface area contributed by atoms with Gasteiger partial charge in [-0.25, -0.2) is 12.8 Å². The van der Waals surface area contributed by atoms with Crippen LogP contribution in [0.15, 0.2) is 65.7 Å². The highest BCUT2D eigenvalue weighted by atomic mass is 32.2. The third-order valence-corrected chi connectivity index (χ3v) is 4.50. The van der Waals surface area contributed by atoms with Gasteiger partial charge in [-0.05, 0) is 42.5 Å². The van der Waals surface area contributed by atoms with Crippen LogP contribution in [0, 0.1) is 5.82 Å². The molecule has 0 spiro atoms. The van der Waals surface area contributed by atoms with Crippen LogP contribution in [-0.4, -0.2) is 30.8 Å². The van der Waals surface area contributed by atoms with E-state index in [0.29, 0.717) is 16.9 Å². The lowest BCUT2D eigenvalue weighted by Crippen LogP contribution is -2.12. The maximum absolute atomic E-state index is 13.2. The number of nitrogens with zero attached hydrogens (tertiary/aromatic N) is 2. The number of sulfone groups is 1. The minimum absolute atomic E-state index is 0.114. The largest absolute Gasteiger partial charge is 0.322 e. The van der Waals surface area contributed by atoms with Gasteiger partial charge in [0.2, 0.25) is 0 Å². The number of hydrogen-bond donors (Lipinski definition) is 1. The zero-order valence-electron chi connectivity index (χ0n) is 13.7. The second kappa shape index (κ2) is 7.01. The molecule has 1 heterocycles. The zero-order valence-corrected chi connectivity index (χ0v) is 14.5. The first-order valence-electron chi connectivity index (χ1n) is 7.54. The number of benzene rings is 2. The second-order valence-corrected chi connectivity index (χ2v) is 7.54. The van der Waals surface area contributed by atoms with Crippen molar-refractivity contribution in [1.82, 2.24) is 10.2 Å². The molecule has 0 unspecified atom stereocenters. The Morgan fingerprint density at radius 1 is 1.00 bits per heavy atom. The fraction of sp³-hybridized carbons (Fsp3) is 0.0556. The molecule has 0 aliphatic heterocycles. The Hall–Kier alpha value is -3.13. The number of halogens is 1. The van der Waals surface area contributed by atoms with Gasteiger partial charge in [-0.3, -0.25) is 4.79 Å². The van der Waals surface area contributed by atoms with Crippen molar-refractivity contribution >= 4 is 21.4 Å². The molecule has 1 aromatic heterocycles. The summed E-state index contributed by atoms with van der Waals surface area (Å²) in [5, 5.41) is 10.2. The van der Waals surface area contributed by atoms with E-state index in [1.54, 1.807) is 24.3 Å². The molecular formula is C18H14FN3O3S. The predicted octanol–water partition coefficient (Wildman–Crippen LogP) is 2.94. The van der Waals surface area contributed by atoms with Gasteiger partial charge in [-0.1, -0.05) is 18.2 Å². The average molecular weight is 371 g/mol. The molecule has 1 amide bonds. The first kappa shape index (κ1) is 17.7. The normalized spacial score (nSPS) is 11.2. The summed E-state index contributed by atoms with van der Waals surface area (Å²) in [7, 11) is -3.42. The van der Waals surface area contributed by atoms with Crippen molar-refractivity contribution in [3.05, 3.63) is 72.0 Å². The van der Waals surface area contributed by atoms with E-state index < -0.39 is 21.6 Å². The number of carbonyl (C=O) groups excluding carboxylic acids is 1. The van der Waals surface area contributed by atoms with Crippen LogP contribution in [0.1, 0.15) is 10.4 Å². The molecule has 26 heavy (non-hydrogen) atoms. The molecule has 0 saturated carbocycles. The summed E-state index contributed by atoms with van der Waals surface area (Å²) in [6, 6.07) is 15.1. The highest BCUT2D eigenvalue weighted by Crippen LogP contribution is 2.21. The molecule has 0 aliphatic carbocycles. The van der Waals surface area contributed by atoms with Gasteiger partial charge >= 0.3 is 0 Å². The van der Waals surface area contributed by atoms with Crippen molar-refractivity contribution in [2.75, 3.05) is 11.6 Å². The first-order valence-corrected chi connectivity index (χ1v) is 9.43. The Bertz CT molecular complexity index is 1070. The number of hydrogen-bond acceptors (Lipinski definition) is 5. The molecule has 3 rings (SSSR count). The SMILES string of the molecule is CS(=O)(=O)c1ccc(-c2cccc(NC(=O)c3cccc(F)c3)c2)nn1. The van der Waals surface area contributed by atoms with Crippen LogP contribution in [0.4, 0.5) is 10.1 Å². The molecule has 0 radical (unpaired) electrons. The lowest BCUT2D eigenvalue weighted by molar-refractivity contribution is 0.102. The number of nitrogens with one attached hydrogen (secondary N) is 1. The summed E-state index contributed by atoms with van der Waals surface area (Å²) < 4.78 is 36.1. The highest BCUT2D eigenvalue weighted by Gasteiger charge is 2.11. The Balaban J connectivity index is 1.83. The minimum atomic E-state index is -3.42. The second-order valence-electron chi connectivity index (χ2n) is 5.57. The van der Waals surface area contributed by atoms with E-state index in [0.717, 1.165) is 12.3 Å². The van der Waals surface area contributed by atoms with Gasteiger partial charge in [0.15, 0.2) is 14.9 Å². The fourth-order valence-electron chi connectivity index (χ4n) is 2.26. The molecule has 0 fully saturated rings. The van der Waals surface area contributed by atoms with E-state index in [4.69, 9.17) is 0 Å². The van der Waals surface area contributed by atoms with E-state index in [9.17, 15) is 17.6 Å². The van der Waals surface area contributed by atoms with E-state index >= 15 is 0 Å². The number of carbonyl (C=O) groups is 1. The molecule has 8 heteroatoms. The maximum atomic E-state index is 13.2. The zero-order chi connectivity index (χ0) is 18.7. The summed E-state index contributed by atoms with van der Waals surface area (Å²) in [5.41, 5.74) is 1.80. The van der Waals surface area contributed by atoms with E-state index in [2.05, 4.69) is 15.5 Å². The van der Waals surface area contributed by atoms with Gasteiger partial charge < -0.3 is 5.32 Å².